The van der Waals surface area contributed by atoms with Crippen molar-refractivity contribution in [2.24, 2.45) is 0 Å². The van der Waals surface area contributed by atoms with Crippen LogP contribution in [-0.2, 0) is 14.8 Å². The second-order valence-corrected chi connectivity index (χ2v) is 6.96. The fraction of sp³-hybridized carbons (Fsp3) is 0.462. The Kier molecular flexibility index (Phi) is 4.36. The Morgan fingerprint density at radius 1 is 1.45 bits per heavy atom. The molecule has 7 heteroatoms. The second-order valence-electron chi connectivity index (χ2n) is 4.69. The summed E-state index contributed by atoms with van der Waals surface area (Å²) < 4.78 is 26.8. The van der Waals surface area contributed by atoms with E-state index in [1.54, 1.807) is 26.0 Å². The first-order valence-corrected chi connectivity index (χ1v) is 8.26. The second kappa shape index (κ2) is 5.71. The molecule has 1 heterocycles. The molecule has 110 valence electrons. The minimum atomic E-state index is -3.72. The van der Waals surface area contributed by atoms with E-state index in [0.717, 1.165) is 0 Å². The Morgan fingerprint density at radius 3 is 2.80 bits per heavy atom. The van der Waals surface area contributed by atoms with Crippen molar-refractivity contribution in [3.8, 4) is 0 Å². The number of carbonyl (C=O) groups is 1. The molecule has 0 saturated carbocycles. The fourth-order valence-corrected chi connectivity index (χ4v) is 4.51. The van der Waals surface area contributed by atoms with Crippen LogP contribution < -0.4 is 5.32 Å². The van der Waals surface area contributed by atoms with Crippen LogP contribution in [0, 0.1) is 6.92 Å². The highest BCUT2D eigenvalue weighted by Gasteiger charge is 2.37. The Bertz CT molecular complexity index is 631. The number of piperazine rings is 1. The van der Waals surface area contributed by atoms with Crippen molar-refractivity contribution in [2.45, 2.75) is 31.2 Å². The van der Waals surface area contributed by atoms with Gasteiger partial charge < -0.3 is 5.32 Å². The van der Waals surface area contributed by atoms with Crippen LogP contribution in [0.3, 0.4) is 0 Å². The largest absolute Gasteiger partial charge is 0.353 e. The van der Waals surface area contributed by atoms with Crippen molar-refractivity contribution >= 4 is 27.5 Å². The van der Waals surface area contributed by atoms with Crippen LogP contribution in [0.5, 0.6) is 0 Å². The van der Waals surface area contributed by atoms with Gasteiger partial charge in [-0.1, -0.05) is 24.6 Å². The SMILES string of the molecule is CCC1C(=O)NCCN1S(=O)(=O)c1cccc(Cl)c1C. The van der Waals surface area contributed by atoms with Gasteiger partial charge in [-0.25, -0.2) is 8.42 Å². The number of rotatable bonds is 3. The van der Waals surface area contributed by atoms with Crippen LogP contribution in [-0.4, -0.2) is 37.8 Å². The molecule has 1 N–H and O–H groups in total. The topological polar surface area (TPSA) is 66.5 Å². The first kappa shape index (κ1) is 15.3. The average molecular weight is 317 g/mol. The van der Waals surface area contributed by atoms with Gasteiger partial charge in [-0.05, 0) is 31.0 Å². The highest BCUT2D eigenvalue weighted by atomic mass is 35.5. The van der Waals surface area contributed by atoms with Crippen LogP contribution in [0.1, 0.15) is 18.9 Å². The van der Waals surface area contributed by atoms with Crippen LogP contribution in [0.4, 0.5) is 0 Å². The number of hydrogen-bond acceptors (Lipinski definition) is 3. The molecule has 0 spiro atoms. The molecular formula is C13H17ClN2O3S. The summed E-state index contributed by atoms with van der Waals surface area (Å²) in [6.45, 7) is 4.07. The first-order valence-electron chi connectivity index (χ1n) is 6.44. The van der Waals surface area contributed by atoms with E-state index in [9.17, 15) is 13.2 Å². The Morgan fingerprint density at radius 2 is 2.15 bits per heavy atom. The molecule has 1 fully saturated rings. The van der Waals surface area contributed by atoms with E-state index in [2.05, 4.69) is 5.32 Å². The molecule has 0 radical (unpaired) electrons. The fourth-order valence-electron chi connectivity index (χ4n) is 2.36. The minimum absolute atomic E-state index is 0.165. The molecule has 20 heavy (non-hydrogen) atoms. The van der Waals surface area contributed by atoms with E-state index in [0.29, 0.717) is 23.6 Å². The number of benzene rings is 1. The molecule has 1 aromatic carbocycles. The highest BCUT2D eigenvalue weighted by Crippen LogP contribution is 2.27. The summed E-state index contributed by atoms with van der Waals surface area (Å²) in [5, 5.41) is 3.09. The van der Waals surface area contributed by atoms with Crippen molar-refractivity contribution in [3.05, 3.63) is 28.8 Å². The lowest BCUT2D eigenvalue weighted by Gasteiger charge is -2.33. The van der Waals surface area contributed by atoms with E-state index < -0.39 is 16.1 Å². The molecule has 1 saturated heterocycles. The van der Waals surface area contributed by atoms with Gasteiger partial charge >= 0.3 is 0 Å². The summed E-state index contributed by atoms with van der Waals surface area (Å²) in [6.07, 6.45) is 0.435. The Hall–Kier alpha value is -1.11. The molecule has 1 aromatic rings. The molecule has 0 aromatic heterocycles. The van der Waals surface area contributed by atoms with E-state index in [4.69, 9.17) is 11.6 Å². The van der Waals surface area contributed by atoms with Gasteiger partial charge in [-0.2, -0.15) is 4.31 Å². The molecule has 5 nitrogen and oxygen atoms in total. The van der Waals surface area contributed by atoms with E-state index >= 15 is 0 Å². The monoisotopic (exact) mass is 316 g/mol. The number of amides is 1. The molecule has 1 atom stereocenters. The molecule has 1 aliphatic rings. The standard InChI is InChI=1S/C13H17ClN2O3S/c1-3-11-13(17)15-7-8-16(11)20(18,19)12-6-4-5-10(14)9(12)2/h4-6,11H,3,7-8H2,1-2H3,(H,15,17). The van der Waals surface area contributed by atoms with Gasteiger partial charge in [-0.3, -0.25) is 4.79 Å². The van der Waals surface area contributed by atoms with Gasteiger partial charge in [0.15, 0.2) is 0 Å². The minimum Gasteiger partial charge on any atom is -0.353 e. The molecule has 0 aliphatic carbocycles. The molecule has 0 bridgehead atoms. The van der Waals surface area contributed by atoms with Crippen molar-refractivity contribution in [1.29, 1.82) is 0 Å². The third-order valence-corrected chi connectivity index (χ3v) is 5.94. The summed E-state index contributed by atoms with van der Waals surface area (Å²) in [7, 11) is -3.72. The summed E-state index contributed by atoms with van der Waals surface area (Å²) in [4.78, 5) is 12.0. The zero-order chi connectivity index (χ0) is 14.9. The third-order valence-electron chi connectivity index (χ3n) is 3.47. The number of nitrogens with one attached hydrogen (secondary N) is 1. The van der Waals surface area contributed by atoms with Gasteiger partial charge in [0.05, 0.1) is 4.90 Å². The Balaban J connectivity index is 2.48. The van der Waals surface area contributed by atoms with Gasteiger partial charge in [0, 0.05) is 18.1 Å². The predicted octanol–water partition coefficient (Wildman–Crippen LogP) is 1.55. The van der Waals surface area contributed by atoms with Crippen LogP contribution in [0.25, 0.3) is 0 Å². The maximum absolute atomic E-state index is 12.8. The van der Waals surface area contributed by atoms with Crippen LogP contribution in [0.15, 0.2) is 23.1 Å². The lowest BCUT2D eigenvalue weighted by atomic mass is 10.2. The lowest BCUT2D eigenvalue weighted by molar-refractivity contribution is -0.126. The number of hydrogen-bond donors (Lipinski definition) is 1. The lowest BCUT2D eigenvalue weighted by Crippen LogP contribution is -2.56. The van der Waals surface area contributed by atoms with Gasteiger partial charge in [0.2, 0.25) is 15.9 Å². The summed E-state index contributed by atoms with van der Waals surface area (Å²) in [5.74, 6) is -0.248. The van der Waals surface area contributed by atoms with Gasteiger partial charge in [0.25, 0.3) is 0 Å². The van der Waals surface area contributed by atoms with Crippen molar-refractivity contribution < 1.29 is 13.2 Å². The molecular weight excluding hydrogens is 300 g/mol. The quantitative estimate of drug-likeness (QED) is 0.920. The van der Waals surface area contributed by atoms with Gasteiger partial charge in [-0.15, -0.1) is 0 Å². The summed E-state index contributed by atoms with van der Waals surface area (Å²) in [5.41, 5.74) is 0.509. The van der Waals surface area contributed by atoms with Crippen LogP contribution in [0.2, 0.25) is 5.02 Å². The van der Waals surface area contributed by atoms with E-state index in [1.807, 2.05) is 0 Å². The van der Waals surface area contributed by atoms with E-state index in [1.165, 1.54) is 10.4 Å². The molecule has 2 rings (SSSR count). The number of carbonyl (C=O) groups excluding carboxylic acids is 1. The Labute approximate surface area is 124 Å². The maximum Gasteiger partial charge on any atom is 0.244 e. The molecule has 1 unspecified atom stereocenters. The zero-order valence-corrected chi connectivity index (χ0v) is 13.0. The average Bonchev–Trinajstić information content (AvgIpc) is 2.41. The summed E-state index contributed by atoms with van der Waals surface area (Å²) >= 11 is 6.00. The number of sulfonamides is 1. The summed E-state index contributed by atoms with van der Waals surface area (Å²) in [6, 6.07) is 4.12. The third kappa shape index (κ3) is 2.55. The predicted molar refractivity (Wildman–Crippen MR) is 77.2 cm³/mol. The zero-order valence-electron chi connectivity index (χ0n) is 11.4. The van der Waals surface area contributed by atoms with Crippen molar-refractivity contribution in [1.82, 2.24) is 9.62 Å². The number of halogens is 1. The van der Waals surface area contributed by atoms with Crippen molar-refractivity contribution in [2.75, 3.05) is 13.1 Å². The maximum atomic E-state index is 12.8. The van der Waals surface area contributed by atoms with Crippen LogP contribution >= 0.6 is 11.6 Å². The first-order chi connectivity index (χ1) is 9.39. The van der Waals surface area contributed by atoms with Crippen molar-refractivity contribution in [3.63, 3.8) is 0 Å². The number of nitrogens with zero attached hydrogens (tertiary/aromatic N) is 1. The molecule has 1 amide bonds. The normalized spacial score (nSPS) is 20.8. The highest BCUT2D eigenvalue weighted by molar-refractivity contribution is 7.89. The molecule has 1 aliphatic heterocycles. The van der Waals surface area contributed by atoms with Gasteiger partial charge in [0.1, 0.15) is 6.04 Å². The van der Waals surface area contributed by atoms with E-state index in [-0.39, 0.29) is 17.3 Å². The smallest absolute Gasteiger partial charge is 0.244 e.